The van der Waals surface area contributed by atoms with Crippen molar-refractivity contribution in [1.29, 1.82) is 0 Å². The molecule has 0 aliphatic carbocycles. The highest BCUT2D eigenvalue weighted by atomic mass is 32.1. The molecule has 0 bridgehead atoms. The molecule has 3 heterocycles. The zero-order chi connectivity index (χ0) is 22.2. The number of hydrogen-bond acceptors (Lipinski definition) is 5. The zero-order valence-corrected chi connectivity index (χ0v) is 18.7. The van der Waals surface area contributed by atoms with Crippen molar-refractivity contribution in [2.24, 2.45) is 7.05 Å². The fraction of sp³-hybridized carbons (Fsp3) is 0.250. The highest BCUT2D eigenvalue weighted by molar-refractivity contribution is 7.20. The minimum Gasteiger partial charge on any atom is -0.497 e. The maximum absolute atomic E-state index is 13.2. The molecule has 164 valence electrons. The lowest BCUT2D eigenvalue weighted by atomic mass is 10.1. The van der Waals surface area contributed by atoms with Crippen LogP contribution < -0.4 is 9.64 Å². The van der Waals surface area contributed by atoms with Gasteiger partial charge in [0.25, 0.3) is 5.91 Å². The maximum atomic E-state index is 13.2. The average Bonchev–Trinajstić information content (AvgIpc) is 3.40. The molecule has 0 radical (unpaired) electrons. The third-order valence-corrected chi connectivity index (χ3v) is 7.01. The molecule has 0 unspecified atom stereocenters. The lowest BCUT2D eigenvalue weighted by molar-refractivity contribution is 0.0751. The molecule has 2 aromatic carbocycles. The van der Waals surface area contributed by atoms with E-state index in [1.54, 1.807) is 19.2 Å². The fourth-order valence-corrected chi connectivity index (χ4v) is 5.15. The molecule has 1 saturated heterocycles. The Hall–Kier alpha value is -3.39. The van der Waals surface area contributed by atoms with E-state index < -0.39 is 0 Å². The van der Waals surface area contributed by atoms with Crippen LogP contribution in [0.1, 0.15) is 9.67 Å². The van der Waals surface area contributed by atoms with Crippen molar-refractivity contribution in [1.82, 2.24) is 14.7 Å². The molecule has 0 spiro atoms. The minimum absolute atomic E-state index is 0.0431. The highest BCUT2D eigenvalue weighted by Crippen LogP contribution is 2.35. The largest absolute Gasteiger partial charge is 0.497 e. The average molecular weight is 451 g/mol. The molecule has 8 heteroatoms. The van der Waals surface area contributed by atoms with E-state index in [-0.39, 0.29) is 11.7 Å². The van der Waals surface area contributed by atoms with Gasteiger partial charge in [0, 0.05) is 49.9 Å². The number of aryl methyl sites for hydroxylation is 1. The van der Waals surface area contributed by atoms with Crippen LogP contribution in [0.2, 0.25) is 0 Å². The van der Waals surface area contributed by atoms with Crippen molar-refractivity contribution in [3.63, 3.8) is 0 Å². The number of rotatable bonds is 4. The molecule has 0 saturated carbocycles. The second-order valence-corrected chi connectivity index (χ2v) is 8.82. The lowest BCUT2D eigenvalue weighted by Crippen LogP contribution is -2.48. The Labute approximate surface area is 189 Å². The van der Waals surface area contributed by atoms with Gasteiger partial charge in [-0.05, 0) is 42.5 Å². The summed E-state index contributed by atoms with van der Waals surface area (Å²) in [5.41, 5.74) is 2.78. The van der Waals surface area contributed by atoms with Gasteiger partial charge in [-0.25, -0.2) is 4.39 Å². The SMILES string of the molecule is COc1cccc(-c2nn(C)c3sc(C(=O)N4CCN(c5ccc(F)cc5)CC4)cc23)c1. The van der Waals surface area contributed by atoms with E-state index in [1.165, 1.54) is 23.5 Å². The summed E-state index contributed by atoms with van der Waals surface area (Å²) in [4.78, 5) is 19.0. The van der Waals surface area contributed by atoms with Crippen molar-refractivity contribution in [2.45, 2.75) is 0 Å². The number of fused-ring (bicyclic) bond motifs is 1. The topological polar surface area (TPSA) is 50.6 Å². The summed E-state index contributed by atoms with van der Waals surface area (Å²) >= 11 is 1.47. The van der Waals surface area contributed by atoms with Gasteiger partial charge in [-0.3, -0.25) is 9.48 Å². The van der Waals surface area contributed by atoms with E-state index in [1.807, 2.05) is 47.0 Å². The van der Waals surface area contributed by atoms with Gasteiger partial charge in [-0.2, -0.15) is 5.10 Å². The summed E-state index contributed by atoms with van der Waals surface area (Å²) in [6, 6.07) is 16.3. The molecule has 0 atom stereocenters. The van der Waals surface area contributed by atoms with Gasteiger partial charge in [-0.15, -0.1) is 11.3 Å². The number of halogens is 1. The van der Waals surface area contributed by atoms with E-state index in [9.17, 15) is 9.18 Å². The maximum Gasteiger partial charge on any atom is 0.264 e. The molecule has 4 aromatic rings. The molecule has 5 rings (SSSR count). The van der Waals surface area contributed by atoms with E-state index in [0.29, 0.717) is 18.0 Å². The number of amides is 1. The second-order valence-electron chi connectivity index (χ2n) is 7.79. The Morgan fingerprint density at radius 1 is 1.06 bits per heavy atom. The molecule has 6 nitrogen and oxygen atoms in total. The van der Waals surface area contributed by atoms with Crippen LogP contribution in [0, 0.1) is 5.82 Å². The third-order valence-electron chi connectivity index (χ3n) is 5.82. The summed E-state index contributed by atoms with van der Waals surface area (Å²) in [5, 5.41) is 5.64. The van der Waals surface area contributed by atoms with E-state index in [2.05, 4.69) is 10.00 Å². The molecule has 0 N–H and O–H groups in total. The quantitative estimate of drug-likeness (QED) is 0.462. The van der Waals surface area contributed by atoms with Crippen LogP contribution in [0.4, 0.5) is 10.1 Å². The number of ether oxygens (including phenoxy) is 1. The minimum atomic E-state index is -0.241. The Morgan fingerprint density at radius 2 is 1.81 bits per heavy atom. The van der Waals surface area contributed by atoms with Crippen LogP contribution >= 0.6 is 11.3 Å². The molecular formula is C24H23FN4O2S. The van der Waals surface area contributed by atoms with Crippen molar-refractivity contribution in [3.05, 3.63) is 65.3 Å². The highest BCUT2D eigenvalue weighted by Gasteiger charge is 2.25. The number of hydrogen-bond donors (Lipinski definition) is 0. The smallest absolute Gasteiger partial charge is 0.264 e. The fourth-order valence-electron chi connectivity index (χ4n) is 4.11. The summed E-state index contributed by atoms with van der Waals surface area (Å²) in [5.74, 6) is 0.573. The third kappa shape index (κ3) is 3.71. The first kappa shape index (κ1) is 20.5. The predicted octanol–water partition coefficient (Wildman–Crippen LogP) is 4.41. The molecule has 2 aromatic heterocycles. The molecule has 1 aliphatic heterocycles. The van der Waals surface area contributed by atoms with Crippen LogP contribution in [0.3, 0.4) is 0 Å². The van der Waals surface area contributed by atoms with Crippen LogP contribution in [0.15, 0.2) is 54.6 Å². The molecule has 1 amide bonds. The van der Waals surface area contributed by atoms with Crippen LogP contribution in [0.25, 0.3) is 21.5 Å². The molecular weight excluding hydrogens is 427 g/mol. The second kappa shape index (κ2) is 8.27. The van der Waals surface area contributed by atoms with Gasteiger partial charge < -0.3 is 14.5 Å². The monoisotopic (exact) mass is 450 g/mol. The summed E-state index contributed by atoms with van der Waals surface area (Å²) < 4.78 is 20.4. The Balaban J connectivity index is 1.36. The Morgan fingerprint density at radius 3 is 2.53 bits per heavy atom. The van der Waals surface area contributed by atoms with Crippen molar-refractivity contribution in [3.8, 4) is 17.0 Å². The van der Waals surface area contributed by atoms with Crippen LogP contribution in [-0.2, 0) is 7.05 Å². The number of aromatic nitrogens is 2. The number of anilines is 1. The summed E-state index contributed by atoms with van der Waals surface area (Å²) in [6.07, 6.45) is 0. The summed E-state index contributed by atoms with van der Waals surface area (Å²) in [6.45, 7) is 2.70. The molecule has 1 fully saturated rings. The van der Waals surface area contributed by atoms with Gasteiger partial charge in [0.15, 0.2) is 0 Å². The van der Waals surface area contributed by atoms with Gasteiger partial charge in [0.1, 0.15) is 22.1 Å². The van der Waals surface area contributed by atoms with Gasteiger partial charge in [-0.1, -0.05) is 12.1 Å². The van der Waals surface area contributed by atoms with Crippen molar-refractivity contribution in [2.75, 3.05) is 38.2 Å². The number of piperazine rings is 1. The van der Waals surface area contributed by atoms with Gasteiger partial charge in [0.2, 0.25) is 0 Å². The number of benzene rings is 2. The first-order valence-electron chi connectivity index (χ1n) is 10.4. The number of thiophene rings is 1. The lowest BCUT2D eigenvalue weighted by Gasteiger charge is -2.36. The molecule has 1 aliphatic rings. The summed E-state index contributed by atoms with van der Waals surface area (Å²) in [7, 11) is 3.54. The first-order valence-corrected chi connectivity index (χ1v) is 11.3. The molecule has 32 heavy (non-hydrogen) atoms. The standard InChI is InChI=1S/C24H23FN4O2S/c1-27-24-20(22(26-27)16-4-3-5-19(14-16)31-2)15-21(32-24)23(30)29-12-10-28(11-13-29)18-8-6-17(25)7-9-18/h3-9,14-15H,10-13H2,1-2H3. The number of methoxy groups -OCH3 is 1. The number of nitrogens with zero attached hydrogens (tertiary/aromatic N) is 4. The predicted molar refractivity (Wildman–Crippen MR) is 125 cm³/mol. The van der Waals surface area contributed by atoms with Crippen LogP contribution in [-0.4, -0.2) is 53.9 Å². The normalized spacial score (nSPS) is 14.2. The van der Waals surface area contributed by atoms with Crippen molar-refractivity contribution < 1.29 is 13.9 Å². The Kier molecular flexibility index (Phi) is 5.30. The van der Waals surface area contributed by atoms with Crippen molar-refractivity contribution >= 4 is 33.1 Å². The van der Waals surface area contributed by atoms with Crippen LogP contribution in [0.5, 0.6) is 5.75 Å². The van der Waals surface area contributed by atoms with Gasteiger partial charge in [0.05, 0.1) is 12.0 Å². The zero-order valence-electron chi connectivity index (χ0n) is 17.9. The van der Waals surface area contributed by atoms with E-state index in [4.69, 9.17) is 4.74 Å². The van der Waals surface area contributed by atoms with E-state index in [0.717, 1.165) is 46.0 Å². The number of carbonyl (C=O) groups excluding carboxylic acids is 1. The first-order chi connectivity index (χ1) is 15.5. The number of carbonyl (C=O) groups is 1. The van der Waals surface area contributed by atoms with E-state index >= 15 is 0 Å². The van der Waals surface area contributed by atoms with Gasteiger partial charge >= 0.3 is 0 Å². The Bertz CT molecular complexity index is 1270.